The number of nitrogens with zero attached hydrogens (tertiary/aromatic N) is 1. The summed E-state index contributed by atoms with van der Waals surface area (Å²) in [5.41, 5.74) is 0.794. The van der Waals surface area contributed by atoms with Crippen LogP contribution in [0.15, 0.2) is 90.5 Å². The van der Waals surface area contributed by atoms with Crippen molar-refractivity contribution in [3.8, 4) is 0 Å². The van der Waals surface area contributed by atoms with Gasteiger partial charge in [-0.25, -0.2) is 0 Å². The first-order chi connectivity index (χ1) is 14.5. The largest absolute Gasteiger partial charge is 0.507 e. The predicted molar refractivity (Wildman–Crippen MR) is 115 cm³/mol. The van der Waals surface area contributed by atoms with Crippen molar-refractivity contribution in [2.45, 2.75) is 12.6 Å². The average Bonchev–Trinajstić information content (AvgIpc) is 3.02. The molecule has 1 atom stereocenters. The minimum atomic E-state index is -1.61. The van der Waals surface area contributed by atoms with Crippen LogP contribution in [-0.2, 0) is 20.1 Å². The number of aliphatic hydroxyl groups is 1. The quantitative estimate of drug-likeness (QED) is 0.402. The number of hydrogen-bond acceptors (Lipinski definition) is 4. The number of ketones is 1. The summed E-state index contributed by atoms with van der Waals surface area (Å²) in [6, 6.07) is 24.9. The van der Waals surface area contributed by atoms with Gasteiger partial charge >= 0.3 is 5.91 Å². The van der Waals surface area contributed by atoms with Crippen LogP contribution in [0.25, 0.3) is 5.76 Å². The lowest BCUT2D eigenvalue weighted by Crippen LogP contribution is -2.46. The van der Waals surface area contributed by atoms with Crippen LogP contribution in [0.2, 0.25) is 0 Å². The van der Waals surface area contributed by atoms with Crippen molar-refractivity contribution in [3.05, 3.63) is 107 Å². The Labute approximate surface area is 174 Å². The normalized spacial score (nSPS) is 20.5. The van der Waals surface area contributed by atoms with E-state index in [0.717, 1.165) is 5.56 Å². The number of anilines is 1. The molecule has 1 unspecified atom stereocenters. The minimum Gasteiger partial charge on any atom is -0.507 e. The smallest absolute Gasteiger partial charge is 0.302 e. The molecule has 0 radical (unpaired) electrons. The van der Waals surface area contributed by atoms with E-state index in [2.05, 4.69) is 0 Å². The Kier molecular flexibility index (Phi) is 4.98. The van der Waals surface area contributed by atoms with Crippen molar-refractivity contribution in [1.29, 1.82) is 0 Å². The molecule has 1 amide bonds. The van der Waals surface area contributed by atoms with Crippen LogP contribution < -0.4 is 4.90 Å². The molecule has 1 N–H and O–H groups in total. The molecule has 1 aliphatic heterocycles. The lowest BCUT2D eigenvalue weighted by molar-refractivity contribution is -0.132. The van der Waals surface area contributed by atoms with Gasteiger partial charge in [0.25, 0.3) is 5.78 Å². The minimum absolute atomic E-state index is 0.104. The Morgan fingerprint density at radius 2 is 1.43 bits per heavy atom. The molecule has 1 heterocycles. The molecule has 0 aliphatic carbocycles. The maximum atomic E-state index is 13.2. The fourth-order valence-electron chi connectivity index (χ4n) is 3.87. The number of aryl methyl sites for hydroxylation is 1. The van der Waals surface area contributed by atoms with E-state index in [4.69, 9.17) is 4.74 Å². The van der Waals surface area contributed by atoms with Crippen LogP contribution >= 0.6 is 0 Å². The molecule has 3 aromatic carbocycles. The lowest BCUT2D eigenvalue weighted by atomic mass is 9.91. The van der Waals surface area contributed by atoms with E-state index < -0.39 is 17.4 Å². The zero-order valence-corrected chi connectivity index (χ0v) is 16.7. The molecule has 30 heavy (non-hydrogen) atoms. The zero-order valence-electron chi connectivity index (χ0n) is 16.7. The van der Waals surface area contributed by atoms with Crippen LogP contribution in [0.1, 0.15) is 16.7 Å². The van der Waals surface area contributed by atoms with E-state index in [1.54, 1.807) is 60.7 Å². The molecule has 0 saturated carbocycles. The maximum Gasteiger partial charge on any atom is 0.302 e. The highest BCUT2D eigenvalue weighted by atomic mass is 16.5. The SMILES string of the molecule is COC1(c2ccccc2)/C(=C(\O)c2ccccc2)C(=O)C(=O)N1c1ccc(C)cc1. The Hall–Kier alpha value is -3.70. The van der Waals surface area contributed by atoms with E-state index in [1.807, 2.05) is 31.2 Å². The van der Waals surface area contributed by atoms with Crippen LogP contribution in [0.3, 0.4) is 0 Å². The molecule has 0 aromatic heterocycles. The molecule has 4 rings (SSSR count). The maximum absolute atomic E-state index is 13.2. The molecular weight excluding hydrogens is 378 g/mol. The number of hydrogen-bond donors (Lipinski definition) is 1. The van der Waals surface area contributed by atoms with Gasteiger partial charge in [-0.05, 0) is 19.1 Å². The second-order valence-electron chi connectivity index (χ2n) is 7.11. The van der Waals surface area contributed by atoms with E-state index >= 15 is 0 Å². The van der Waals surface area contributed by atoms with Crippen molar-refractivity contribution in [2.24, 2.45) is 0 Å². The third-order valence-corrected chi connectivity index (χ3v) is 5.31. The number of methoxy groups -OCH3 is 1. The first-order valence-corrected chi connectivity index (χ1v) is 9.56. The Balaban J connectivity index is 2.06. The number of carbonyl (C=O) groups excluding carboxylic acids is 2. The van der Waals surface area contributed by atoms with Crippen molar-refractivity contribution < 1.29 is 19.4 Å². The Morgan fingerprint density at radius 3 is 2.00 bits per heavy atom. The van der Waals surface area contributed by atoms with Gasteiger partial charge in [-0.3, -0.25) is 14.5 Å². The summed E-state index contributed by atoms with van der Waals surface area (Å²) in [4.78, 5) is 27.8. The standard InChI is InChI=1S/C25H21NO4/c1-17-13-15-20(16-14-17)26-24(29)23(28)21(22(27)18-9-5-3-6-10-18)25(26,30-2)19-11-7-4-8-12-19/h3-16,27H,1-2H3/b22-21-. The molecule has 1 aliphatic rings. The van der Waals surface area contributed by atoms with Gasteiger partial charge in [-0.1, -0.05) is 78.4 Å². The van der Waals surface area contributed by atoms with Gasteiger partial charge in [0.2, 0.25) is 5.72 Å². The fraction of sp³-hybridized carbons (Fsp3) is 0.120. The second-order valence-corrected chi connectivity index (χ2v) is 7.11. The van der Waals surface area contributed by atoms with Gasteiger partial charge in [-0.2, -0.15) is 0 Å². The molecule has 1 fully saturated rings. The van der Waals surface area contributed by atoms with E-state index in [1.165, 1.54) is 12.0 Å². The first kappa shape index (κ1) is 19.6. The topological polar surface area (TPSA) is 66.8 Å². The van der Waals surface area contributed by atoms with Crippen molar-refractivity contribution in [3.63, 3.8) is 0 Å². The van der Waals surface area contributed by atoms with Gasteiger partial charge in [0.15, 0.2) is 0 Å². The average molecular weight is 399 g/mol. The molecule has 3 aromatic rings. The van der Waals surface area contributed by atoms with E-state index in [9.17, 15) is 14.7 Å². The van der Waals surface area contributed by atoms with E-state index in [-0.39, 0.29) is 11.3 Å². The number of benzene rings is 3. The van der Waals surface area contributed by atoms with Crippen LogP contribution in [-0.4, -0.2) is 23.9 Å². The molecule has 5 nitrogen and oxygen atoms in total. The summed E-state index contributed by atoms with van der Waals surface area (Å²) in [5.74, 6) is -1.85. The number of amides is 1. The molecule has 1 saturated heterocycles. The Bertz CT molecular complexity index is 1120. The highest BCUT2D eigenvalue weighted by molar-refractivity contribution is 6.52. The third-order valence-electron chi connectivity index (χ3n) is 5.31. The van der Waals surface area contributed by atoms with Gasteiger partial charge in [-0.15, -0.1) is 0 Å². The van der Waals surface area contributed by atoms with Crippen LogP contribution in [0.4, 0.5) is 5.69 Å². The fourth-order valence-corrected chi connectivity index (χ4v) is 3.87. The first-order valence-electron chi connectivity index (χ1n) is 9.56. The summed E-state index contributed by atoms with van der Waals surface area (Å²) in [5, 5.41) is 11.1. The van der Waals surface area contributed by atoms with Gasteiger partial charge in [0.05, 0.1) is 0 Å². The predicted octanol–water partition coefficient (Wildman–Crippen LogP) is 4.38. The van der Waals surface area contributed by atoms with Crippen molar-refractivity contribution in [2.75, 3.05) is 12.0 Å². The molecule has 0 spiro atoms. The number of aliphatic hydroxyl groups excluding tert-OH is 1. The zero-order chi connectivity index (χ0) is 21.3. The van der Waals surface area contributed by atoms with Crippen molar-refractivity contribution >= 4 is 23.1 Å². The second kappa shape index (κ2) is 7.61. The monoisotopic (exact) mass is 399 g/mol. The molecular formula is C25H21NO4. The highest BCUT2D eigenvalue weighted by Gasteiger charge is 2.59. The van der Waals surface area contributed by atoms with Gasteiger partial charge in [0.1, 0.15) is 11.3 Å². The summed E-state index contributed by atoms with van der Waals surface area (Å²) >= 11 is 0. The molecule has 5 heteroatoms. The third kappa shape index (κ3) is 2.91. The summed E-state index contributed by atoms with van der Waals surface area (Å²) in [6.45, 7) is 1.94. The Morgan fingerprint density at radius 1 is 0.867 bits per heavy atom. The number of rotatable bonds is 4. The number of ether oxygens (including phenoxy) is 1. The van der Waals surface area contributed by atoms with Crippen LogP contribution in [0, 0.1) is 6.92 Å². The summed E-state index contributed by atoms with van der Waals surface area (Å²) < 4.78 is 5.94. The molecule has 150 valence electrons. The van der Waals surface area contributed by atoms with Gasteiger partial charge in [0, 0.05) is 23.9 Å². The highest BCUT2D eigenvalue weighted by Crippen LogP contribution is 2.47. The summed E-state index contributed by atoms with van der Waals surface area (Å²) in [6.07, 6.45) is 0. The lowest BCUT2D eigenvalue weighted by Gasteiger charge is -2.37. The number of Topliss-reactive ketones (excluding diaryl/α,β-unsaturated/α-hetero) is 1. The van der Waals surface area contributed by atoms with Gasteiger partial charge < -0.3 is 9.84 Å². The van der Waals surface area contributed by atoms with Crippen molar-refractivity contribution in [1.82, 2.24) is 0 Å². The molecule has 0 bridgehead atoms. The number of carbonyl (C=O) groups is 2. The van der Waals surface area contributed by atoms with Crippen LogP contribution in [0.5, 0.6) is 0 Å². The summed E-state index contributed by atoms with van der Waals surface area (Å²) in [7, 11) is 1.43. The van der Waals surface area contributed by atoms with E-state index in [0.29, 0.717) is 16.8 Å².